The van der Waals surface area contributed by atoms with Crippen LogP contribution in [0.5, 0.6) is 0 Å². The number of fused-ring (bicyclic) bond motifs is 3. The number of carbonyl (C=O) groups is 3. The van der Waals surface area contributed by atoms with Crippen LogP contribution >= 0.6 is 0 Å². The summed E-state index contributed by atoms with van der Waals surface area (Å²) in [7, 11) is 0. The molecule has 1 aliphatic rings. The Balaban J connectivity index is 1.39. The maximum absolute atomic E-state index is 12.2. The second-order valence-electron chi connectivity index (χ2n) is 9.62. The zero-order valence-corrected chi connectivity index (χ0v) is 20.7. The van der Waals surface area contributed by atoms with Crippen LogP contribution in [-0.2, 0) is 19.1 Å². The van der Waals surface area contributed by atoms with Gasteiger partial charge in [0.15, 0.2) is 0 Å². The minimum Gasteiger partial charge on any atom is -0.481 e. The lowest BCUT2D eigenvalue weighted by Crippen LogP contribution is -2.52. The molecule has 1 atom stereocenters. The molecule has 3 N–H and O–H groups in total. The molecule has 2 aromatic carbocycles. The Morgan fingerprint density at radius 3 is 2.11 bits per heavy atom. The lowest BCUT2D eigenvalue weighted by Gasteiger charge is -2.34. The zero-order chi connectivity index (χ0) is 25.6. The SMILES string of the molecule is CC(C)C(NC(=O)COCCNC(=O)OCC1c2ccccc2-c2ccccc21)C(C)(C)C(=O)O. The van der Waals surface area contributed by atoms with E-state index < -0.39 is 29.4 Å². The molecular weight excluding hydrogens is 448 g/mol. The van der Waals surface area contributed by atoms with Crippen LogP contribution in [0.15, 0.2) is 48.5 Å². The van der Waals surface area contributed by atoms with Crippen LogP contribution in [0.1, 0.15) is 44.7 Å². The van der Waals surface area contributed by atoms with Crippen LogP contribution in [0.2, 0.25) is 0 Å². The molecule has 0 fully saturated rings. The van der Waals surface area contributed by atoms with Crippen LogP contribution in [-0.4, -0.2) is 55.5 Å². The Hall–Kier alpha value is -3.39. The lowest BCUT2D eigenvalue weighted by atomic mass is 9.78. The van der Waals surface area contributed by atoms with Gasteiger partial charge in [-0.1, -0.05) is 62.4 Å². The van der Waals surface area contributed by atoms with E-state index in [1.165, 1.54) is 0 Å². The Morgan fingerprint density at radius 1 is 1.00 bits per heavy atom. The minimum atomic E-state index is -1.12. The first-order valence-electron chi connectivity index (χ1n) is 11.8. The predicted octanol–water partition coefficient (Wildman–Crippen LogP) is 3.79. The number of alkyl carbamates (subject to hydrolysis) is 1. The summed E-state index contributed by atoms with van der Waals surface area (Å²) in [4.78, 5) is 36.0. The number of carbonyl (C=O) groups excluding carboxylic acids is 2. The number of carboxylic acids is 1. The number of carboxylic acid groups (broad SMARTS) is 1. The summed E-state index contributed by atoms with van der Waals surface area (Å²) < 4.78 is 10.8. The molecule has 0 heterocycles. The molecule has 8 heteroatoms. The molecule has 1 aliphatic carbocycles. The van der Waals surface area contributed by atoms with Gasteiger partial charge in [-0.3, -0.25) is 9.59 Å². The normalized spacial score (nSPS) is 13.6. The number of ether oxygens (including phenoxy) is 2. The van der Waals surface area contributed by atoms with E-state index in [0.717, 1.165) is 22.3 Å². The summed E-state index contributed by atoms with van der Waals surface area (Å²) in [5.41, 5.74) is 3.49. The van der Waals surface area contributed by atoms with Gasteiger partial charge < -0.3 is 25.2 Å². The largest absolute Gasteiger partial charge is 0.481 e. The number of amides is 2. The van der Waals surface area contributed by atoms with Crippen molar-refractivity contribution in [2.24, 2.45) is 11.3 Å². The highest BCUT2D eigenvalue weighted by atomic mass is 16.5. The molecule has 1 unspecified atom stereocenters. The smallest absolute Gasteiger partial charge is 0.407 e. The lowest BCUT2D eigenvalue weighted by molar-refractivity contribution is -0.150. The van der Waals surface area contributed by atoms with Crippen molar-refractivity contribution in [3.05, 3.63) is 59.7 Å². The Kier molecular flexibility index (Phi) is 8.51. The van der Waals surface area contributed by atoms with Crippen molar-refractivity contribution >= 4 is 18.0 Å². The minimum absolute atomic E-state index is 0.0166. The molecule has 2 amide bonds. The fourth-order valence-electron chi connectivity index (χ4n) is 4.57. The Morgan fingerprint density at radius 2 is 1.57 bits per heavy atom. The number of hydrogen-bond acceptors (Lipinski definition) is 5. The van der Waals surface area contributed by atoms with Crippen LogP contribution in [0.4, 0.5) is 4.79 Å². The standard InChI is InChI=1S/C27H34N2O6/c1-17(2)24(27(3,4)25(31)32)29-23(30)16-34-14-13-28-26(33)35-15-22-20-11-7-5-9-18(20)19-10-6-8-12-21(19)22/h5-12,17,22,24H,13-16H2,1-4H3,(H,28,33)(H,29,30)(H,31,32). The summed E-state index contributed by atoms with van der Waals surface area (Å²) in [6, 6.07) is 15.7. The maximum Gasteiger partial charge on any atom is 0.407 e. The van der Waals surface area contributed by atoms with Gasteiger partial charge in [0.2, 0.25) is 5.91 Å². The summed E-state index contributed by atoms with van der Waals surface area (Å²) in [6.07, 6.45) is -0.553. The van der Waals surface area contributed by atoms with E-state index in [0.29, 0.717) is 0 Å². The second kappa shape index (κ2) is 11.4. The molecular formula is C27H34N2O6. The third-order valence-corrected chi connectivity index (χ3v) is 6.40. The molecule has 0 radical (unpaired) electrons. The van der Waals surface area contributed by atoms with Crippen molar-refractivity contribution in [2.45, 2.75) is 39.7 Å². The maximum atomic E-state index is 12.2. The quantitative estimate of drug-likeness (QED) is 0.420. The molecule has 0 saturated carbocycles. The fraction of sp³-hybridized carbons (Fsp3) is 0.444. The molecule has 0 bridgehead atoms. The molecule has 0 saturated heterocycles. The highest BCUT2D eigenvalue weighted by molar-refractivity contribution is 5.80. The molecule has 3 rings (SSSR count). The molecule has 0 spiro atoms. The van der Waals surface area contributed by atoms with Gasteiger partial charge in [0, 0.05) is 18.5 Å². The Bertz CT molecular complexity index is 1020. The van der Waals surface area contributed by atoms with Crippen molar-refractivity contribution in [2.75, 3.05) is 26.4 Å². The van der Waals surface area contributed by atoms with Gasteiger partial charge in [0.05, 0.1) is 12.0 Å². The first kappa shape index (κ1) is 26.2. The van der Waals surface area contributed by atoms with Gasteiger partial charge in [-0.15, -0.1) is 0 Å². The highest BCUT2D eigenvalue weighted by Gasteiger charge is 2.39. The van der Waals surface area contributed by atoms with E-state index in [4.69, 9.17) is 9.47 Å². The summed E-state index contributed by atoms with van der Waals surface area (Å²) in [5.74, 6) is -1.47. The van der Waals surface area contributed by atoms with E-state index in [1.807, 2.05) is 38.1 Å². The van der Waals surface area contributed by atoms with Crippen molar-refractivity contribution in [3.63, 3.8) is 0 Å². The molecule has 2 aromatic rings. The van der Waals surface area contributed by atoms with E-state index in [1.54, 1.807) is 13.8 Å². The summed E-state index contributed by atoms with van der Waals surface area (Å²) >= 11 is 0. The van der Waals surface area contributed by atoms with Gasteiger partial charge in [-0.2, -0.15) is 0 Å². The van der Waals surface area contributed by atoms with Gasteiger partial charge in [-0.25, -0.2) is 4.79 Å². The van der Waals surface area contributed by atoms with E-state index in [2.05, 4.69) is 34.9 Å². The first-order chi connectivity index (χ1) is 16.6. The van der Waals surface area contributed by atoms with Gasteiger partial charge >= 0.3 is 12.1 Å². The highest BCUT2D eigenvalue weighted by Crippen LogP contribution is 2.44. The first-order valence-corrected chi connectivity index (χ1v) is 11.8. The third-order valence-electron chi connectivity index (χ3n) is 6.40. The number of rotatable bonds is 11. The van der Waals surface area contributed by atoms with E-state index in [9.17, 15) is 19.5 Å². The van der Waals surface area contributed by atoms with Crippen molar-refractivity contribution in [3.8, 4) is 11.1 Å². The molecule has 35 heavy (non-hydrogen) atoms. The van der Waals surface area contributed by atoms with Gasteiger partial charge in [-0.05, 0) is 42.0 Å². The van der Waals surface area contributed by atoms with Crippen molar-refractivity contribution in [1.29, 1.82) is 0 Å². The average molecular weight is 483 g/mol. The molecule has 8 nitrogen and oxygen atoms in total. The number of nitrogens with one attached hydrogen (secondary N) is 2. The topological polar surface area (TPSA) is 114 Å². The Labute approximate surface area is 206 Å². The number of aliphatic carboxylic acids is 1. The molecule has 0 aliphatic heterocycles. The monoisotopic (exact) mass is 482 g/mol. The van der Waals surface area contributed by atoms with Crippen molar-refractivity contribution in [1.82, 2.24) is 10.6 Å². The average Bonchev–Trinajstić information content (AvgIpc) is 3.14. The second-order valence-corrected chi connectivity index (χ2v) is 9.62. The van der Waals surface area contributed by atoms with Crippen LogP contribution in [0.3, 0.4) is 0 Å². The van der Waals surface area contributed by atoms with Crippen molar-refractivity contribution < 1.29 is 29.0 Å². The zero-order valence-electron chi connectivity index (χ0n) is 20.7. The van der Waals surface area contributed by atoms with Gasteiger partial charge in [0.25, 0.3) is 0 Å². The molecule has 0 aromatic heterocycles. The number of benzene rings is 2. The fourth-order valence-corrected chi connectivity index (χ4v) is 4.57. The van der Waals surface area contributed by atoms with E-state index >= 15 is 0 Å². The number of hydrogen-bond donors (Lipinski definition) is 3. The van der Waals surface area contributed by atoms with E-state index in [-0.39, 0.29) is 38.2 Å². The predicted molar refractivity (Wildman–Crippen MR) is 132 cm³/mol. The summed E-state index contributed by atoms with van der Waals surface area (Å²) in [6.45, 7) is 7.16. The third kappa shape index (κ3) is 6.19. The summed E-state index contributed by atoms with van der Waals surface area (Å²) in [5, 5.41) is 14.8. The van der Waals surface area contributed by atoms with Crippen LogP contribution < -0.4 is 10.6 Å². The van der Waals surface area contributed by atoms with Crippen LogP contribution in [0, 0.1) is 11.3 Å². The van der Waals surface area contributed by atoms with Gasteiger partial charge in [0.1, 0.15) is 13.2 Å². The molecule has 188 valence electrons. The van der Waals surface area contributed by atoms with Crippen LogP contribution in [0.25, 0.3) is 11.1 Å².